The van der Waals surface area contributed by atoms with E-state index in [0.29, 0.717) is 11.3 Å². The third-order valence-electron chi connectivity index (χ3n) is 4.25. The number of fused-ring (bicyclic) bond motifs is 1. The van der Waals surface area contributed by atoms with Crippen LogP contribution in [0, 0.1) is 6.92 Å². The first-order chi connectivity index (χ1) is 12.0. The summed E-state index contributed by atoms with van der Waals surface area (Å²) in [6.07, 6.45) is 2.37. The number of benzene rings is 1. The van der Waals surface area contributed by atoms with E-state index in [2.05, 4.69) is 10.5 Å². The lowest BCUT2D eigenvalue weighted by Crippen LogP contribution is -2.23. The van der Waals surface area contributed by atoms with Crippen LogP contribution in [-0.4, -0.2) is 36.5 Å². The van der Waals surface area contributed by atoms with Crippen molar-refractivity contribution in [3.8, 4) is 0 Å². The maximum atomic E-state index is 12.3. The van der Waals surface area contributed by atoms with Crippen molar-refractivity contribution in [2.45, 2.75) is 26.2 Å². The van der Waals surface area contributed by atoms with E-state index in [1.54, 1.807) is 38.4 Å². The lowest BCUT2D eigenvalue weighted by molar-refractivity contribution is 0.0793. The Bertz CT molecular complexity index is 835. The average Bonchev–Trinajstić information content (AvgIpc) is 2.97. The Balaban J connectivity index is 1.89. The van der Waals surface area contributed by atoms with Crippen LogP contribution in [0.4, 0.5) is 0 Å². The molecular weight excluding hydrogens is 318 g/mol. The third kappa shape index (κ3) is 3.33. The minimum atomic E-state index is -0.258. The quantitative estimate of drug-likeness (QED) is 0.874. The molecule has 1 aliphatic carbocycles. The molecule has 0 atom stereocenters. The highest BCUT2D eigenvalue weighted by atomic mass is 16.4. The minimum Gasteiger partial charge on any atom is -0.455 e. The summed E-state index contributed by atoms with van der Waals surface area (Å²) < 4.78 is 5.80. The Morgan fingerprint density at radius 2 is 1.88 bits per heavy atom. The standard InChI is InChI=1S/C19H21N3O3/c1-12-16-14(20-21-18(23)13-8-5-4-6-9-13)10-7-11-15(16)25-17(12)19(24)22(2)3/h4-6,8-9H,7,10-11H2,1-3H3,(H,21,23)/b20-14+. The SMILES string of the molecule is Cc1c(C(=O)N(C)C)oc2c1/C(=N/NC(=O)c1ccccc1)CCC2. The lowest BCUT2D eigenvalue weighted by atomic mass is 9.93. The van der Waals surface area contributed by atoms with Crippen molar-refractivity contribution in [1.29, 1.82) is 0 Å². The number of nitrogens with one attached hydrogen (secondary N) is 1. The van der Waals surface area contributed by atoms with Crippen LogP contribution in [0.25, 0.3) is 0 Å². The van der Waals surface area contributed by atoms with E-state index >= 15 is 0 Å². The summed E-state index contributed by atoms with van der Waals surface area (Å²) >= 11 is 0. The molecule has 0 saturated carbocycles. The average molecular weight is 339 g/mol. The second-order valence-corrected chi connectivity index (χ2v) is 6.27. The molecule has 1 aliphatic rings. The van der Waals surface area contributed by atoms with Gasteiger partial charge in [0.1, 0.15) is 5.76 Å². The second-order valence-electron chi connectivity index (χ2n) is 6.27. The number of hydrazone groups is 1. The fourth-order valence-corrected chi connectivity index (χ4v) is 2.96. The van der Waals surface area contributed by atoms with Gasteiger partial charge in [-0.3, -0.25) is 9.59 Å². The van der Waals surface area contributed by atoms with Gasteiger partial charge in [0.15, 0.2) is 5.76 Å². The van der Waals surface area contributed by atoms with Gasteiger partial charge in [-0.1, -0.05) is 18.2 Å². The molecule has 3 rings (SSSR count). The molecule has 0 fully saturated rings. The van der Waals surface area contributed by atoms with E-state index in [-0.39, 0.29) is 11.8 Å². The van der Waals surface area contributed by atoms with E-state index in [1.807, 2.05) is 13.0 Å². The summed E-state index contributed by atoms with van der Waals surface area (Å²) in [6, 6.07) is 8.94. The molecule has 0 saturated heterocycles. The monoisotopic (exact) mass is 339 g/mol. The number of rotatable bonds is 3. The summed E-state index contributed by atoms with van der Waals surface area (Å²) in [5, 5.41) is 4.31. The maximum Gasteiger partial charge on any atom is 0.289 e. The number of hydrogen-bond acceptors (Lipinski definition) is 4. The zero-order chi connectivity index (χ0) is 18.0. The molecule has 0 bridgehead atoms. The van der Waals surface area contributed by atoms with Gasteiger partial charge in [-0.15, -0.1) is 0 Å². The van der Waals surface area contributed by atoms with Crippen molar-refractivity contribution in [3.63, 3.8) is 0 Å². The first kappa shape index (κ1) is 17.0. The molecule has 0 aliphatic heterocycles. The second kappa shape index (κ2) is 6.93. The van der Waals surface area contributed by atoms with Gasteiger partial charge in [0, 0.05) is 37.2 Å². The molecular formula is C19H21N3O3. The number of amides is 2. The first-order valence-electron chi connectivity index (χ1n) is 8.25. The van der Waals surface area contributed by atoms with Crippen LogP contribution < -0.4 is 5.43 Å². The normalized spacial score (nSPS) is 14.9. The molecule has 0 spiro atoms. The van der Waals surface area contributed by atoms with Crippen LogP contribution in [-0.2, 0) is 6.42 Å². The summed E-state index contributed by atoms with van der Waals surface area (Å²) in [5.41, 5.74) is 5.55. The van der Waals surface area contributed by atoms with Gasteiger partial charge in [0.25, 0.3) is 11.8 Å². The molecule has 1 aromatic carbocycles. The maximum absolute atomic E-state index is 12.3. The van der Waals surface area contributed by atoms with Crippen LogP contribution in [0.1, 0.15) is 50.6 Å². The van der Waals surface area contributed by atoms with E-state index in [9.17, 15) is 9.59 Å². The van der Waals surface area contributed by atoms with Gasteiger partial charge in [-0.2, -0.15) is 5.10 Å². The Kier molecular flexibility index (Phi) is 4.70. The number of hydrogen-bond donors (Lipinski definition) is 1. The molecule has 1 N–H and O–H groups in total. The molecule has 0 unspecified atom stereocenters. The predicted octanol–water partition coefficient (Wildman–Crippen LogP) is 2.76. The molecule has 1 aromatic heterocycles. The van der Waals surface area contributed by atoms with Crippen molar-refractivity contribution >= 4 is 17.5 Å². The third-order valence-corrected chi connectivity index (χ3v) is 4.25. The van der Waals surface area contributed by atoms with Gasteiger partial charge in [-0.25, -0.2) is 5.43 Å². The predicted molar refractivity (Wildman–Crippen MR) is 94.8 cm³/mol. The smallest absolute Gasteiger partial charge is 0.289 e. The highest BCUT2D eigenvalue weighted by Gasteiger charge is 2.28. The molecule has 1 heterocycles. The highest BCUT2D eigenvalue weighted by molar-refractivity contribution is 6.07. The van der Waals surface area contributed by atoms with Gasteiger partial charge in [-0.05, 0) is 31.9 Å². The van der Waals surface area contributed by atoms with Crippen molar-refractivity contribution in [3.05, 3.63) is 58.5 Å². The highest BCUT2D eigenvalue weighted by Crippen LogP contribution is 2.30. The molecule has 0 radical (unpaired) electrons. The fourth-order valence-electron chi connectivity index (χ4n) is 2.96. The van der Waals surface area contributed by atoms with Gasteiger partial charge in [0.2, 0.25) is 0 Å². The largest absolute Gasteiger partial charge is 0.455 e. The number of aryl methyl sites for hydroxylation is 1. The summed E-state index contributed by atoms with van der Waals surface area (Å²) in [4.78, 5) is 25.9. The van der Waals surface area contributed by atoms with Gasteiger partial charge in [0.05, 0.1) is 5.71 Å². The topological polar surface area (TPSA) is 74.9 Å². The van der Waals surface area contributed by atoms with Crippen molar-refractivity contribution in [1.82, 2.24) is 10.3 Å². The van der Waals surface area contributed by atoms with Crippen LogP contribution in [0.5, 0.6) is 0 Å². The number of furan rings is 1. The number of nitrogens with zero attached hydrogens (tertiary/aromatic N) is 2. The summed E-state index contributed by atoms with van der Waals surface area (Å²) in [5.74, 6) is 0.686. The van der Waals surface area contributed by atoms with Crippen molar-refractivity contribution in [2.24, 2.45) is 5.10 Å². The molecule has 2 amide bonds. The molecule has 6 nitrogen and oxygen atoms in total. The van der Waals surface area contributed by atoms with E-state index < -0.39 is 0 Å². The first-order valence-corrected chi connectivity index (χ1v) is 8.25. The van der Waals surface area contributed by atoms with Crippen molar-refractivity contribution < 1.29 is 14.0 Å². The summed E-state index contributed by atoms with van der Waals surface area (Å²) in [6.45, 7) is 1.86. The van der Waals surface area contributed by atoms with Crippen LogP contribution in [0.2, 0.25) is 0 Å². The Hall–Kier alpha value is -2.89. The zero-order valence-electron chi connectivity index (χ0n) is 14.6. The Morgan fingerprint density at radius 3 is 2.56 bits per heavy atom. The van der Waals surface area contributed by atoms with Crippen LogP contribution in [0.15, 0.2) is 39.9 Å². The Labute approximate surface area is 146 Å². The van der Waals surface area contributed by atoms with Crippen LogP contribution in [0.3, 0.4) is 0 Å². The van der Waals surface area contributed by atoms with Crippen LogP contribution >= 0.6 is 0 Å². The van der Waals surface area contributed by atoms with Gasteiger partial charge < -0.3 is 9.32 Å². The van der Waals surface area contributed by atoms with E-state index in [0.717, 1.165) is 41.9 Å². The Morgan fingerprint density at radius 1 is 1.16 bits per heavy atom. The van der Waals surface area contributed by atoms with Crippen molar-refractivity contribution in [2.75, 3.05) is 14.1 Å². The zero-order valence-corrected chi connectivity index (χ0v) is 14.6. The minimum absolute atomic E-state index is 0.167. The summed E-state index contributed by atoms with van der Waals surface area (Å²) in [7, 11) is 3.39. The molecule has 2 aromatic rings. The number of carbonyl (C=O) groups is 2. The molecule has 6 heteroatoms. The number of carbonyl (C=O) groups excluding carboxylic acids is 2. The van der Waals surface area contributed by atoms with E-state index in [4.69, 9.17) is 4.42 Å². The fraction of sp³-hybridized carbons (Fsp3) is 0.316. The molecule has 130 valence electrons. The molecule has 25 heavy (non-hydrogen) atoms. The van der Waals surface area contributed by atoms with Gasteiger partial charge >= 0.3 is 0 Å². The van der Waals surface area contributed by atoms with E-state index in [1.165, 1.54) is 4.90 Å². The lowest BCUT2D eigenvalue weighted by Gasteiger charge is -2.13.